The van der Waals surface area contributed by atoms with Crippen molar-refractivity contribution in [1.82, 2.24) is 5.32 Å². The number of carbonyl (C=O) groups excluding carboxylic acids is 2. The van der Waals surface area contributed by atoms with Crippen LogP contribution in [0.2, 0.25) is 0 Å². The molecule has 0 saturated carbocycles. The van der Waals surface area contributed by atoms with Gasteiger partial charge in [0.05, 0.1) is 6.61 Å². The van der Waals surface area contributed by atoms with Crippen molar-refractivity contribution in [2.45, 2.75) is 47.0 Å². The van der Waals surface area contributed by atoms with E-state index in [2.05, 4.69) is 5.32 Å². The summed E-state index contributed by atoms with van der Waals surface area (Å²) in [5.74, 6) is -0.267. The number of nitrogens with one attached hydrogen (secondary N) is 1. The maximum atomic E-state index is 11.4. The average molecular weight is 267 g/mol. The number of hydrogen-bond donors (Lipinski definition) is 1. The van der Waals surface area contributed by atoms with E-state index < -0.39 is 0 Å². The molecular weight excluding hydrogens is 242 g/mol. The molecule has 0 rings (SSSR count). The van der Waals surface area contributed by atoms with Crippen LogP contribution < -0.4 is 5.32 Å². The highest BCUT2D eigenvalue weighted by Crippen LogP contribution is 2.00. The summed E-state index contributed by atoms with van der Waals surface area (Å²) >= 11 is 0. The number of ether oxygens (including phenoxy) is 1. The van der Waals surface area contributed by atoms with E-state index in [0.29, 0.717) is 18.7 Å². The molecule has 0 heterocycles. The molecule has 108 valence electrons. The van der Waals surface area contributed by atoms with Gasteiger partial charge in [0.25, 0.3) is 0 Å². The van der Waals surface area contributed by atoms with Gasteiger partial charge in [-0.1, -0.05) is 12.2 Å². The molecule has 0 atom stereocenters. The maximum Gasteiger partial charge on any atom is 0.333 e. The van der Waals surface area contributed by atoms with E-state index >= 15 is 0 Å². The van der Waals surface area contributed by atoms with Crippen molar-refractivity contribution in [2.24, 2.45) is 0 Å². The Labute approximate surface area is 115 Å². The quantitative estimate of drug-likeness (QED) is 0.418. The number of carbonyl (C=O) groups is 2. The molecule has 0 radical (unpaired) electrons. The van der Waals surface area contributed by atoms with Crippen LogP contribution in [0.4, 0.5) is 0 Å². The van der Waals surface area contributed by atoms with E-state index in [0.717, 1.165) is 24.8 Å². The third kappa shape index (κ3) is 8.19. The minimum Gasteiger partial charge on any atom is -0.462 e. The van der Waals surface area contributed by atoms with Crippen LogP contribution >= 0.6 is 0 Å². The lowest BCUT2D eigenvalue weighted by Gasteiger charge is -2.06. The Hall–Kier alpha value is -1.58. The first kappa shape index (κ1) is 17.4. The van der Waals surface area contributed by atoms with Gasteiger partial charge in [-0.15, -0.1) is 0 Å². The van der Waals surface area contributed by atoms with Crippen LogP contribution in [0, 0.1) is 0 Å². The smallest absolute Gasteiger partial charge is 0.333 e. The molecule has 4 heteroatoms. The molecule has 1 N–H and O–H groups in total. The highest BCUT2D eigenvalue weighted by Gasteiger charge is 2.04. The zero-order valence-corrected chi connectivity index (χ0v) is 12.4. The summed E-state index contributed by atoms with van der Waals surface area (Å²) in [6.45, 7) is 8.28. The molecular formula is C15H25NO3. The number of hydrogen-bond acceptors (Lipinski definition) is 3. The van der Waals surface area contributed by atoms with E-state index in [1.807, 2.05) is 13.8 Å². The van der Waals surface area contributed by atoms with Crippen LogP contribution in [-0.4, -0.2) is 25.0 Å². The Balaban J connectivity index is 3.52. The lowest BCUT2D eigenvalue weighted by molar-refractivity contribution is -0.139. The molecule has 4 nitrogen and oxygen atoms in total. The molecule has 0 unspecified atom stereocenters. The van der Waals surface area contributed by atoms with E-state index in [9.17, 15) is 9.59 Å². The topological polar surface area (TPSA) is 55.4 Å². The second kappa shape index (κ2) is 10.4. The van der Waals surface area contributed by atoms with Gasteiger partial charge in [-0.05, 0) is 47.0 Å². The second-order valence-electron chi connectivity index (χ2n) is 4.40. The molecule has 0 aliphatic rings. The summed E-state index contributed by atoms with van der Waals surface area (Å²) in [4.78, 5) is 22.7. The van der Waals surface area contributed by atoms with Gasteiger partial charge in [-0.25, -0.2) is 4.79 Å². The van der Waals surface area contributed by atoms with Crippen molar-refractivity contribution in [2.75, 3.05) is 13.2 Å². The highest BCUT2D eigenvalue weighted by molar-refractivity contribution is 5.92. The predicted octanol–water partition coefficient (Wildman–Crippen LogP) is 2.75. The number of allylic oxidation sites excluding steroid dienone is 2. The lowest BCUT2D eigenvalue weighted by atomic mass is 10.2. The zero-order chi connectivity index (χ0) is 14.7. The summed E-state index contributed by atoms with van der Waals surface area (Å²) in [6, 6.07) is 0. The fourth-order valence-electron chi connectivity index (χ4n) is 1.27. The Bertz CT molecular complexity index is 322. The van der Waals surface area contributed by atoms with Crippen LogP contribution in [0.5, 0.6) is 0 Å². The molecule has 0 aromatic rings. The summed E-state index contributed by atoms with van der Waals surface area (Å²) in [7, 11) is 0. The van der Waals surface area contributed by atoms with Gasteiger partial charge in [0, 0.05) is 17.7 Å². The molecule has 0 saturated heterocycles. The molecule has 0 aromatic heterocycles. The van der Waals surface area contributed by atoms with E-state index in [-0.39, 0.29) is 11.9 Å². The molecule has 19 heavy (non-hydrogen) atoms. The number of amides is 1. The van der Waals surface area contributed by atoms with Gasteiger partial charge in [-0.3, -0.25) is 4.79 Å². The van der Waals surface area contributed by atoms with Gasteiger partial charge >= 0.3 is 5.97 Å². The maximum absolute atomic E-state index is 11.4. The molecule has 1 amide bonds. The van der Waals surface area contributed by atoms with Crippen LogP contribution in [0.25, 0.3) is 0 Å². The minimum atomic E-state index is -0.250. The van der Waals surface area contributed by atoms with Gasteiger partial charge in [-0.2, -0.15) is 0 Å². The number of esters is 1. The fourth-order valence-corrected chi connectivity index (χ4v) is 1.27. The number of unbranched alkanes of at least 4 members (excludes halogenated alkanes) is 2. The largest absolute Gasteiger partial charge is 0.462 e. The first-order valence-electron chi connectivity index (χ1n) is 6.74. The first-order chi connectivity index (χ1) is 9.02. The molecule has 0 spiro atoms. The summed E-state index contributed by atoms with van der Waals surface area (Å²) in [5, 5.41) is 2.84. The van der Waals surface area contributed by atoms with Crippen LogP contribution in [0.1, 0.15) is 47.0 Å². The van der Waals surface area contributed by atoms with E-state index in [4.69, 9.17) is 4.74 Å². The Morgan fingerprint density at radius 1 is 1.00 bits per heavy atom. The second-order valence-corrected chi connectivity index (χ2v) is 4.40. The van der Waals surface area contributed by atoms with Crippen molar-refractivity contribution in [3.05, 3.63) is 23.3 Å². The molecule has 0 bridgehead atoms. The van der Waals surface area contributed by atoms with Gasteiger partial charge in [0.1, 0.15) is 0 Å². The van der Waals surface area contributed by atoms with Gasteiger partial charge in [0.2, 0.25) is 5.91 Å². The summed E-state index contributed by atoms with van der Waals surface area (Å²) in [5.41, 5.74) is 1.37. The Morgan fingerprint density at radius 2 is 1.63 bits per heavy atom. The van der Waals surface area contributed by atoms with Gasteiger partial charge in [0.15, 0.2) is 0 Å². The molecule has 0 aromatic carbocycles. The number of rotatable bonds is 8. The standard InChI is InChI=1S/C15H25NO3/c1-5-12(3)14(17)16-10-8-7-9-11-19-15(18)13(4)6-2/h5-6H,7-11H2,1-4H3,(H,16,17)/b12-5+,13-6+. The summed E-state index contributed by atoms with van der Waals surface area (Å²) in [6.07, 6.45) is 6.17. The summed E-state index contributed by atoms with van der Waals surface area (Å²) < 4.78 is 5.07. The predicted molar refractivity (Wildman–Crippen MR) is 76.7 cm³/mol. The lowest BCUT2D eigenvalue weighted by Crippen LogP contribution is -2.25. The van der Waals surface area contributed by atoms with Crippen molar-refractivity contribution in [3.8, 4) is 0 Å². The highest BCUT2D eigenvalue weighted by atomic mass is 16.5. The van der Waals surface area contributed by atoms with E-state index in [1.165, 1.54) is 0 Å². The monoisotopic (exact) mass is 267 g/mol. The van der Waals surface area contributed by atoms with Crippen LogP contribution in [0.15, 0.2) is 23.3 Å². The van der Waals surface area contributed by atoms with Crippen molar-refractivity contribution < 1.29 is 14.3 Å². The Kier molecular flexibility index (Phi) is 9.49. The fraction of sp³-hybridized carbons (Fsp3) is 0.600. The SMILES string of the molecule is C/C=C(\C)C(=O)NCCCCCOC(=O)/C(C)=C/C. The van der Waals surface area contributed by atoms with Crippen molar-refractivity contribution >= 4 is 11.9 Å². The van der Waals surface area contributed by atoms with Gasteiger partial charge < -0.3 is 10.1 Å². The van der Waals surface area contributed by atoms with Crippen LogP contribution in [-0.2, 0) is 14.3 Å². The zero-order valence-electron chi connectivity index (χ0n) is 12.4. The molecule has 0 aliphatic carbocycles. The third-order valence-corrected chi connectivity index (χ3v) is 2.89. The normalized spacial score (nSPS) is 12.2. The molecule has 0 fully saturated rings. The first-order valence-corrected chi connectivity index (χ1v) is 6.74. The minimum absolute atomic E-state index is 0.0161. The van der Waals surface area contributed by atoms with E-state index in [1.54, 1.807) is 26.0 Å². The Morgan fingerprint density at radius 3 is 2.21 bits per heavy atom. The third-order valence-electron chi connectivity index (χ3n) is 2.89. The van der Waals surface area contributed by atoms with Crippen LogP contribution in [0.3, 0.4) is 0 Å². The average Bonchev–Trinajstić information content (AvgIpc) is 2.43. The molecule has 0 aliphatic heterocycles. The van der Waals surface area contributed by atoms with Crippen molar-refractivity contribution in [3.63, 3.8) is 0 Å². The van der Waals surface area contributed by atoms with Crippen molar-refractivity contribution in [1.29, 1.82) is 0 Å².